The first-order valence-electron chi connectivity index (χ1n) is 6.53. The molecule has 3 rings (SSSR count). The Morgan fingerprint density at radius 1 is 1.32 bits per heavy atom. The van der Waals surface area contributed by atoms with Gasteiger partial charge in [-0.05, 0) is 30.7 Å². The Morgan fingerprint density at radius 3 is 2.73 bits per heavy atom. The first-order chi connectivity index (χ1) is 10.5. The van der Waals surface area contributed by atoms with Crippen LogP contribution in [0, 0.1) is 6.92 Å². The van der Waals surface area contributed by atoms with Gasteiger partial charge in [-0.2, -0.15) is 0 Å². The second-order valence-electron chi connectivity index (χ2n) is 4.91. The van der Waals surface area contributed by atoms with Gasteiger partial charge in [0.15, 0.2) is 0 Å². The molecule has 112 valence electrons. The lowest BCUT2D eigenvalue weighted by atomic mass is 10.1. The van der Waals surface area contributed by atoms with Gasteiger partial charge in [-0.25, -0.2) is 0 Å². The number of likely N-dealkylation sites (N-methyl/N-ethyl adjacent to an activating group) is 1. The van der Waals surface area contributed by atoms with E-state index in [2.05, 4.69) is 0 Å². The zero-order chi connectivity index (χ0) is 15.9. The summed E-state index contributed by atoms with van der Waals surface area (Å²) in [5, 5.41) is 0.697. The maximum atomic E-state index is 12.0. The van der Waals surface area contributed by atoms with Crippen LogP contribution in [0.2, 0.25) is 5.02 Å². The van der Waals surface area contributed by atoms with Crippen LogP contribution in [0.3, 0.4) is 0 Å². The van der Waals surface area contributed by atoms with E-state index in [4.69, 9.17) is 28.2 Å². The number of carbonyl (C=O) groups is 1. The number of aryl methyl sites for hydroxylation is 1. The summed E-state index contributed by atoms with van der Waals surface area (Å²) in [6.45, 7) is 1.95. The Bertz CT molecular complexity index is 810. The van der Waals surface area contributed by atoms with Crippen LogP contribution in [0.15, 0.2) is 39.7 Å². The maximum absolute atomic E-state index is 12.0. The summed E-state index contributed by atoms with van der Waals surface area (Å²) in [6.07, 6.45) is 1.71. The fraction of sp³-hybridized carbons (Fsp3) is 0.125. The SMILES string of the molecule is Cc1ccc(-c2ccc(/C=C3/SC(=S)N(C)C3=O)o2)cc1Cl. The Hall–Kier alpha value is -1.56. The maximum Gasteiger partial charge on any atom is 0.266 e. The molecule has 1 aromatic heterocycles. The van der Waals surface area contributed by atoms with Gasteiger partial charge in [0.1, 0.15) is 15.8 Å². The molecule has 1 saturated heterocycles. The zero-order valence-electron chi connectivity index (χ0n) is 11.9. The average molecular weight is 350 g/mol. The molecule has 2 aromatic rings. The van der Waals surface area contributed by atoms with Crippen molar-refractivity contribution in [2.24, 2.45) is 0 Å². The molecule has 0 spiro atoms. The molecule has 1 amide bonds. The first kappa shape index (κ1) is 15.3. The number of hydrogen-bond acceptors (Lipinski definition) is 4. The van der Waals surface area contributed by atoms with Crippen molar-refractivity contribution in [3.63, 3.8) is 0 Å². The summed E-state index contributed by atoms with van der Waals surface area (Å²) in [5.74, 6) is 1.21. The van der Waals surface area contributed by atoms with Crippen LogP contribution in [0.5, 0.6) is 0 Å². The highest BCUT2D eigenvalue weighted by Gasteiger charge is 2.29. The van der Waals surface area contributed by atoms with Crippen molar-refractivity contribution >= 4 is 51.9 Å². The van der Waals surface area contributed by atoms with Crippen LogP contribution in [0.25, 0.3) is 17.4 Å². The van der Waals surface area contributed by atoms with Crippen LogP contribution in [0.4, 0.5) is 0 Å². The fourth-order valence-corrected chi connectivity index (χ4v) is 3.35. The van der Waals surface area contributed by atoms with Crippen LogP contribution in [-0.2, 0) is 4.79 Å². The van der Waals surface area contributed by atoms with E-state index in [0.717, 1.165) is 11.1 Å². The molecule has 2 heterocycles. The van der Waals surface area contributed by atoms with E-state index < -0.39 is 0 Å². The van der Waals surface area contributed by atoms with Crippen molar-refractivity contribution in [3.05, 3.63) is 51.6 Å². The van der Waals surface area contributed by atoms with E-state index in [1.54, 1.807) is 13.1 Å². The Labute approximate surface area is 142 Å². The van der Waals surface area contributed by atoms with Gasteiger partial charge < -0.3 is 4.42 Å². The number of thioether (sulfide) groups is 1. The smallest absolute Gasteiger partial charge is 0.266 e. The standard InChI is InChI=1S/C16H12ClNO2S2/c1-9-3-4-10(7-12(9)17)13-6-5-11(20-13)8-14-15(19)18(2)16(21)22-14/h3-8H,1-2H3/b14-8+. The molecule has 1 aliphatic rings. The number of thiocarbonyl (C=S) groups is 1. The molecule has 0 saturated carbocycles. The van der Waals surface area contributed by atoms with E-state index in [9.17, 15) is 4.79 Å². The molecule has 3 nitrogen and oxygen atoms in total. The average Bonchev–Trinajstić information content (AvgIpc) is 3.04. The predicted octanol–water partition coefficient (Wildman–Crippen LogP) is 4.74. The summed E-state index contributed by atoms with van der Waals surface area (Å²) >= 11 is 12.5. The summed E-state index contributed by atoms with van der Waals surface area (Å²) in [6, 6.07) is 9.45. The summed E-state index contributed by atoms with van der Waals surface area (Å²) < 4.78 is 6.33. The van der Waals surface area contributed by atoms with E-state index in [-0.39, 0.29) is 5.91 Å². The number of rotatable bonds is 2. The van der Waals surface area contributed by atoms with Gasteiger partial charge in [0, 0.05) is 23.7 Å². The van der Waals surface area contributed by atoms with Gasteiger partial charge in [-0.3, -0.25) is 9.69 Å². The number of nitrogens with zero attached hydrogens (tertiary/aromatic N) is 1. The topological polar surface area (TPSA) is 33.5 Å². The highest BCUT2D eigenvalue weighted by atomic mass is 35.5. The highest BCUT2D eigenvalue weighted by molar-refractivity contribution is 8.26. The number of halogens is 1. The minimum absolute atomic E-state index is 0.105. The number of carbonyl (C=O) groups excluding carboxylic acids is 1. The molecule has 0 unspecified atom stereocenters. The van der Waals surface area contributed by atoms with Crippen molar-refractivity contribution in [2.75, 3.05) is 7.05 Å². The molecule has 0 radical (unpaired) electrons. The molecule has 0 bridgehead atoms. The number of benzene rings is 1. The monoisotopic (exact) mass is 349 g/mol. The molecule has 1 fully saturated rings. The van der Waals surface area contributed by atoms with Crippen LogP contribution in [0.1, 0.15) is 11.3 Å². The van der Waals surface area contributed by atoms with Gasteiger partial charge in [-0.1, -0.05) is 47.7 Å². The lowest BCUT2D eigenvalue weighted by molar-refractivity contribution is -0.121. The third-order valence-electron chi connectivity index (χ3n) is 3.34. The summed E-state index contributed by atoms with van der Waals surface area (Å²) in [5.41, 5.74) is 1.92. The highest BCUT2D eigenvalue weighted by Crippen LogP contribution is 2.33. The van der Waals surface area contributed by atoms with Crippen LogP contribution in [-0.4, -0.2) is 22.2 Å². The van der Waals surface area contributed by atoms with Crippen LogP contribution < -0.4 is 0 Å². The molecule has 0 N–H and O–H groups in total. The molecule has 0 atom stereocenters. The lowest BCUT2D eigenvalue weighted by Gasteiger charge is -2.03. The molecule has 6 heteroatoms. The normalized spacial score (nSPS) is 16.9. The third kappa shape index (κ3) is 2.84. The minimum atomic E-state index is -0.105. The third-order valence-corrected chi connectivity index (χ3v) is 5.23. The minimum Gasteiger partial charge on any atom is -0.457 e. The number of amides is 1. The molecule has 1 aliphatic heterocycles. The van der Waals surface area contributed by atoms with Crippen molar-refractivity contribution in [2.45, 2.75) is 6.92 Å². The van der Waals surface area contributed by atoms with Gasteiger partial charge in [-0.15, -0.1) is 0 Å². The molecule has 0 aliphatic carbocycles. The van der Waals surface area contributed by atoms with Crippen molar-refractivity contribution in [3.8, 4) is 11.3 Å². The predicted molar refractivity (Wildman–Crippen MR) is 94.8 cm³/mol. The van der Waals surface area contributed by atoms with E-state index in [0.29, 0.717) is 25.8 Å². The van der Waals surface area contributed by atoms with E-state index >= 15 is 0 Å². The second-order valence-corrected chi connectivity index (χ2v) is 6.99. The quantitative estimate of drug-likeness (QED) is 0.579. The van der Waals surface area contributed by atoms with Gasteiger partial charge in [0.25, 0.3) is 5.91 Å². The number of hydrogen-bond donors (Lipinski definition) is 0. The van der Waals surface area contributed by atoms with Gasteiger partial charge >= 0.3 is 0 Å². The molecule has 1 aromatic carbocycles. The molecule has 22 heavy (non-hydrogen) atoms. The lowest BCUT2D eigenvalue weighted by Crippen LogP contribution is -2.22. The summed E-state index contributed by atoms with van der Waals surface area (Å²) in [4.78, 5) is 14.0. The van der Waals surface area contributed by atoms with E-state index in [1.165, 1.54) is 16.7 Å². The number of furan rings is 1. The van der Waals surface area contributed by atoms with Gasteiger partial charge in [0.05, 0.1) is 4.91 Å². The van der Waals surface area contributed by atoms with Crippen molar-refractivity contribution < 1.29 is 9.21 Å². The van der Waals surface area contributed by atoms with Gasteiger partial charge in [0.2, 0.25) is 0 Å². The Morgan fingerprint density at radius 2 is 2.09 bits per heavy atom. The first-order valence-corrected chi connectivity index (χ1v) is 8.14. The van der Waals surface area contributed by atoms with Crippen LogP contribution >= 0.6 is 35.6 Å². The molecular weight excluding hydrogens is 338 g/mol. The molecular formula is C16H12ClNO2S2. The zero-order valence-corrected chi connectivity index (χ0v) is 14.3. The Balaban J connectivity index is 1.90. The van der Waals surface area contributed by atoms with Crippen molar-refractivity contribution in [1.29, 1.82) is 0 Å². The van der Waals surface area contributed by atoms with E-state index in [1.807, 2.05) is 37.3 Å². The summed E-state index contributed by atoms with van der Waals surface area (Å²) in [7, 11) is 1.67. The Kier molecular flexibility index (Phi) is 4.12. The second kappa shape index (κ2) is 5.91. The van der Waals surface area contributed by atoms with Crippen molar-refractivity contribution in [1.82, 2.24) is 4.90 Å². The largest absolute Gasteiger partial charge is 0.457 e. The fourth-order valence-electron chi connectivity index (χ4n) is 2.01.